The lowest BCUT2D eigenvalue weighted by Crippen LogP contribution is -2.37. The Hall–Kier alpha value is -0.570. The van der Waals surface area contributed by atoms with Gasteiger partial charge in [0.05, 0.1) is 0 Å². The van der Waals surface area contributed by atoms with E-state index in [1.807, 2.05) is 6.07 Å². The lowest BCUT2D eigenvalue weighted by molar-refractivity contribution is 0.313. The summed E-state index contributed by atoms with van der Waals surface area (Å²) in [4.78, 5) is 2.35. The molecule has 0 amide bonds. The van der Waals surface area contributed by atoms with Crippen molar-refractivity contribution in [2.45, 2.75) is 33.1 Å². The summed E-state index contributed by atoms with van der Waals surface area (Å²) in [5.74, 6) is -0.127. The molecule has 0 aliphatic carbocycles. The molecule has 0 unspecified atom stereocenters. The maximum Gasteiger partial charge on any atom is 0.125 e. The molecule has 0 N–H and O–H groups in total. The molecule has 1 nitrogen and oxygen atoms in total. The molecule has 1 aromatic carbocycles. The standard InChI is InChI=1S/C15H21BrFN/c1-3-15(4-2,10-16)11-18-8-7-12-5-6-13(17)9-14(12)18/h5-6,9H,3-4,7-8,10-11H2,1-2H3. The van der Waals surface area contributed by atoms with Crippen LogP contribution in [0, 0.1) is 11.2 Å². The number of alkyl halides is 1. The van der Waals surface area contributed by atoms with Crippen LogP contribution >= 0.6 is 15.9 Å². The number of halogens is 2. The Morgan fingerprint density at radius 1 is 1.33 bits per heavy atom. The first-order chi connectivity index (χ1) is 8.64. The minimum atomic E-state index is -0.127. The van der Waals surface area contributed by atoms with E-state index >= 15 is 0 Å². The van der Waals surface area contributed by atoms with Crippen molar-refractivity contribution in [2.24, 2.45) is 5.41 Å². The highest BCUT2D eigenvalue weighted by Crippen LogP contribution is 2.35. The van der Waals surface area contributed by atoms with Gasteiger partial charge in [0, 0.05) is 24.1 Å². The van der Waals surface area contributed by atoms with Crippen molar-refractivity contribution in [3.63, 3.8) is 0 Å². The monoisotopic (exact) mass is 313 g/mol. The van der Waals surface area contributed by atoms with Gasteiger partial charge in [0.25, 0.3) is 0 Å². The maximum atomic E-state index is 13.4. The highest BCUT2D eigenvalue weighted by molar-refractivity contribution is 9.09. The summed E-state index contributed by atoms with van der Waals surface area (Å²) in [6.07, 6.45) is 3.34. The number of nitrogens with zero attached hydrogens (tertiary/aromatic N) is 1. The van der Waals surface area contributed by atoms with E-state index in [0.29, 0.717) is 5.41 Å². The number of fused-ring (bicyclic) bond motifs is 1. The molecule has 0 bridgehead atoms. The highest BCUT2D eigenvalue weighted by Gasteiger charge is 2.30. The molecule has 2 rings (SSSR count). The van der Waals surface area contributed by atoms with Gasteiger partial charge in [-0.3, -0.25) is 0 Å². The van der Waals surface area contributed by atoms with Crippen LogP contribution < -0.4 is 4.90 Å². The van der Waals surface area contributed by atoms with E-state index in [4.69, 9.17) is 0 Å². The van der Waals surface area contributed by atoms with E-state index < -0.39 is 0 Å². The van der Waals surface area contributed by atoms with Crippen molar-refractivity contribution in [1.82, 2.24) is 0 Å². The van der Waals surface area contributed by atoms with Crippen LogP contribution in [-0.4, -0.2) is 18.4 Å². The third-order valence-corrected chi connectivity index (χ3v) is 5.54. The Balaban J connectivity index is 2.20. The molecule has 0 radical (unpaired) electrons. The van der Waals surface area contributed by atoms with Crippen molar-refractivity contribution in [3.8, 4) is 0 Å². The van der Waals surface area contributed by atoms with E-state index in [-0.39, 0.29) is 5.82 Å². The number of hydrogen-bond donors (Lipinski definition) is 0. The Labute approximate surface area is 118 Å². The zero-order valence-corrected chi connectivity index (χ0v) is 12.8. The van der Waals surface area contributed by atoms with Gasteiger partial charge in [-0.25, -0.2) is 4.39 Å². The first-order valence-corrected chi connectivity index (χ1v) is 7.85. The van der Waals surface area contributed by atoms with E-state index in [1.54, 1.807) is 12.1 Å². The summed E-state index contributed by atoms with van der Waals surface area (Å²) < 4.78 is 13.4. The fourth-order valence-electron chi connectivity index (χ4n) is 2.69. The van der Waals surface area contributed by atoms with Gasteiger partial charge in [-0.15, -0.1) is 0 Å². The van der Waals surface area contributed by atoms with Crippen molar-refractivity contribution in [2.75, 3.05) is 23.3 Å². The predicted molar refractivity (Wildman–Crippen MR) is 79.1 cm³/mol. The molecule has 0 saturated carbocycles. The van der Waals surface area contributed by atoms with E-state index in [1.165, 1.54) is 5.56 Å². The first-order valence-electron chi connectivity index (χ1n) is 6.73. The van der Waals surface area contributed by atoms with Crippen LogP contribution in [0.5, 0.6) is 0 Å². The van der Waals surface area contributed by atoms with Crippen molar-refractivity contribution in [1.29, 1.82) is 0 Å². The van der Waals surface area contributed by atoms with E-state index in [2.05, 4.69) is 34.7 Å². The van der Waals surface area contributed by atoms with E-state index in [0.717, 1.165) is 43.4 Å². The largest absolute Gasteiger partial charge is 0.370 e. The molecule has 1 aromatic rings. The Morgan fingerprint density at radius 3 is 2.67 bits per heavy atom. The SMILES string of the molecule is CCC(CC)(CBr)CN1CCc2ccc(F)cc21. The predicted octanol–water partition coefficient (Wildman–Crippen LogP) is 4.39. The number of rotatable bonds is 5. The van der Waals surface area contributed by atoms with Gasteiger partial charge in [-0.05, 0) is 42.4 Å². The average Bonchev–Trinajstić information content (AvgIpc) is 2.78. The molecule has 0 saturated heterocycles. The van der Waals surface area contributed by atoms with Crippen molar-refractivity contribution >= 4 is 21.6 Å². The molecule has 1 aliphatic rings. The molecule has 0 atom stereocenters. The van der Waals surface area contributed by atoms with Crippen LogP contribution in [0.15, 0.2) is 18.2 Å². The van der Waals surface area contributed by atoms with E-state index in [9.17, 15) is 4.39 Å². The lowest BCUT2D eigenvalue weighted by atomic mass is 9.84. The second-order valence-corrected chi connectivity index (χ2v) is 5.85. The topological polar surface area (TPSA) is 3.24 Å². The van der Waals surface area contributed by atoms with Gasteiger partial charge < -0.3 is 4.90 Å². The van der Waals surface area contributed by atoms with Crippen molar-refractivity contribution in [3.05, 3.63) is 29.6 Å². The Bertz CT molecular complexity index is 407. The molecule has 3 heteroatoms. The fourth-order valence-corrected chi connectivity index (χ4v) is 3.66. The summed E-state index contributed by atoms with van der Waals surface area (Å²) in [6.45, 7) is 6.52. The average molecular weight is 314 g/mol. The molecule has 0 fully saturated rings. The third kappa shape index (κ3) is 2.56. The van der Waals surface area contributed by atoms with Crippen LogP contribution in [0.3, 0.4) is 0 Å². The second-order valence-electron chi connectivity index (χ2n) is 5.29. The second kappa shape index (κ2) is 5.60. The van der Waals surface area contributed by atoms with Gasteiger partial charge >= 0.3 is 0 Å². The van der Waals surface area contributed by atoms with Crippen molar-refractivity contribution < 1.29 is 4.39 Å². The van der Waals surface area contributed by atoms with Crippen LogP contribution in [0.25, 0.3) is 0 Å². The number of anilines is 1. The third-order valence-electron chi connectivity index (χ3n) is 4.35. The fraction of sp³-hybridized carbons (Fsp3) is 0.600. The maximum absolute atomic E-state index is 13.4. The quantitative estimate of drug-likeness (QED) is 0.729. The molecular weight excluding hydrogens is 293 g/mol. The summed E-state index contributed by atoms with van der Waals surface area (Å²) in [5.41, 5.74) is 2.68. The molecule has 18 heavy (non-hydrogen) atoms. The summed E-state index contributed by atoms with van der Waals surface area (Å²) in [6, 6.07) is 5.19. The van der Waals surface area contributed by atoms with Crippen LogP contribution in [0.1, 0.15) is 32.3 Å². The molecule has 1 aliphatic heterocycles. The number of hydrogen-bond acceptors (Lipinski definition) is 1. The Kier molecular flexibility index (Phi) is 4.31. The van der Waals surface area contributed by atoms with Gasteiger partial charge in [-0.2, -0.15) is 0 Å². The summed E-state index contributed by atoms with van der Waals surface area (Å²) in [7, 11) is 0. The molecule has 0 aromatic heterocycles. The molecular formula is C15H21BrFN. The molecule has 0 spiro atoms. The summed E-state index contributed by atoms with van der Waals surface area (Å²) in [5, 5.41) is 1.01. The van der Waals surface area contributed by atoms with Crippen LogP contribution in [0.4, 0.5) is 10.1 Å². The minimum absolute atomic E-state index is 0.127. The molecule has 1 heterocycles. The van der Waals surface area contributed by atoms with Gasteiger partial charge in [0.1, 0.15) is 5.82 Å². The zero-order valence-electron chi connectivity index (χ0n) is 11.2. The lowest BCUT2D eigenvalue weighted by Gasteiger charge is -2.35. The molecule has 100 valence electrons. The van der Waals surface area contributed by atoms with Gasteiger partial charge in [-0.1, -0.05) is 35.8 Å². The minimum Gasteiger partial charge on any atom is -0.370 e. The zero-order chi connectivity index (χ0) is 13.2. The Morgan fingerprint density at radius 2 is 2.06 bits per heavy atom. The first kappa shape index (κ1) is 13.9. The highest BCUT2D eigenvalue weighted by atomic mass is 79.9. The van der Waals surface area contributed by atoms with Crippen LogP contribution in [0.2, 0.25) is 0 Å². The normalized spacial score (nSPS) is 15.0. The van der Waals surface area contributed by atoms with Gasteiger partial charge in [0.2, 0.25) is 0 Å². The van der Waals surface area contributed by atoms with Gasteiger partial charge in [0.15, 0.2) is 0 Å². The number of benzene rings is 1. The van der Waals surface area contributed by atoms with Crippen LogP contribution in [-0.2, 0) is 6.42 Å². The summed E-state index contributed by atoms with van der Waals surface area (Å²) >= 11 is 3.65. The smallest absolute Gasteiger partial charge is 0.125 e.